The first-order valence-corrected chi connectivity index (χ1v) is 3.80. The Morgan fingerprint density at radius 2 is 2.14 bits per heavy atom. The van der Waals surface area contributed by atoms with E-state index in [1.807, 2.05) is 6.07 Å². The van der Waals surface area contributed by atoms with Gasteiger partial charge in [0.05, 0.1) is 11.1 Å². The summed E-state index contributed by atoms with van der Waals surface area (Å²) < 4.78 is 0. The molecule has 0 fully saturated rings. The fraction of sp³-hybridized carbons (Fsp3) is 0. The fourth-order valence-electron chi connectivity index (χ4n) is 0.812. The monoisotopic (exact) mass is 189 g/mol. The molecule has 0 radical (unpaired) electrons. The summed E-state index contributed by atoms with van der Waals surface area (Å²) in [4.78, 5) is 9.49. The van der Waals surface area contributed by atoms with Crippen molar-refractivity contribution in [2.75, 3.05) is 5.32 Å². The van der Waals surface area contributed by atoms with Gasteiger partial charge in [0.15, 0.2) is 6.07 Å². The zero-order chi connectivity index (χ0) is 10.4. The van der Waals surface area contributed by atoms with Crippen LogP contribution in [0.1, 0.15) is 0 Å². The van der Waals surface area contributed by atoms with E-state index in [2.05, 4.69) is 5.32 Å². The Morgan fingerprint density at radius 1 is 1.50 bits per heavy atom. The number of nitriles is 1. The van der Waals surface area contributed by atoms with Gasteiger partial charge in [0.1, 0.15) is 0 Å². The highest BCUT2D eigenvalue weighted by Gasteiger charge is 2.06. The van der Waals surface area contributed by atoms with Crippen molar-refractivity contribution in [1.82, 2.24) is 0 Å². The molecule has 0 aliphatic rings. The predicted octanol–water partition coefficient (Wildman–Crippen LogP) is 1.74. The summed E-state index contributed by atoms with van der Waals surface area (Å²) in [6.07, 6.45) is 1.06. The number of hydrogen-bond donors (Lipinski definition) is 1. The summed E-state index contributed by atoms with van der Waals surface area (Å²) in [5.74, 6) is 0. The average molecular weight is 189 g/mol. The molecule has 0 heterocycles. The SMILES string of the molecule is N#C/C(=C\Nc1ccccc1)[N+](=O)[O-]. The van der Waals surface area contributed by atoms with Crippen molar-refractivity contribution in [1.29, 1.82) is 5.26 Å². The van der Waals surface area contributed by atoms with Gasteiger partial charge in [0.25, 0.3) is 0 Å². The molecule has 70 valence electrons. The Balaban J connectivity index is 2.73. The number of hydrogen-bond acceptors (Lipinski definition) is 4. The number of nitro groups is 1. The highest BCUT2D eigenvalue weighted by atomic mass is 16.6. The number of nitrogens with one attached hydrogen (secondary N) is 1. The lowest BCUT2D eigenvalue weighted by molar-refractivity contribution is -0.417. The van der Waals surface area contributed by atoms with E-state index in [0.29, 0.717) is 5.69 Å². The van der Waals surface area contributed by atoms with Gasteiger partial charge < -0.3 is 5.32 Å². The van der Waals surface area contributed by atoms with Gasteiger partial charge in [-0.15, -0.1) is 0 Å². The Labute approximate surface area is 80.4 Å². The Hall–Kier alpha value is -2.35. The molecule has 1 N–H and O–H groups in total. The number of para-hydroxylation sites is 1. The van der Waals surface area contributed by atoms with Gasteiger partial charge in [0.2, 0.25) is 0 Å². The van der Waals surface area contributed by atoms with E-state index in [1.54, 1.807) is 24.3 Å². The van der Waals surface area contributed by atoms with Gasteiger partial charge in [-0.05, 0) is 12.1 Å². The lowest BCUT2D eigenvalue weighted by Crippen LogP contribution is -1.99. The summed E-state index contributed by atoms with van der Waals surface area (Å²) in [5, 5.41) is 21.3. The maximum absolute atomic E-state index is 10.2. The molecule has 0 saturated heterocycles. The number of benzene rings is 1. The molecule has 0 saturated carbocycles. The predicted molar refractivity (Wildman–Crippen MR) is 50.8 cm³/mol. The van der Waals surface area contributed by atoms with Crippen molar-refractivity contribution in [2.45, 2.75) is 0 Å². The molecule has 14 heavy (non-hydrogen) atoms. The van der Waals surface area contributed by atoms with E-state index in [-0.39, 0.29) is 0 Å². The number of nitrogens with zero attached hydrogens (tertiary/aromatic N) is 2. The maximum Gasteiger partial charge on any atom is 0.361 e. The van der Waals surface area contributed by atoms with Gasteiger partial charge in [-0.3, -0.25) is 10.1 Å². The topological polar surface area (TPSA) is 79.0 Å². The summed E-state index contributed by atoms with van der Waals surface area (Å²) in [7, 11) is 0. The maximum atomic E-state index is 10.2. The standard InChI is InChI=1S/C9H7N3O2/c10-6-9(12(13)14)7-11-8-4-2-1-3-5-8/h1-5,7,11H/b9-7+. The lowest BCUT2D eigenvalue weighted by atomic mass is 10.3. The first-order chi connectivity index (χ1) is 6.74. The van der Waals surface area contributed by atoms with Crippen molar-refractivity contribution in [3.05, 3.63) is 52.3 Å². The first kappa shape index (κ1) is 9.74. The van der Waals surface area contributed by atoms with Gasteiger partial charge in [0, 0.05) is 5.69 Å². The molecule has 5 heteroatoms. The van der Waals surface area contributed by atoms with E-state index >= 15 is 0 Å². The van der Waals surface area contributed by atoms with Gasteiger partial charge in [-0.25, -0.2) is 0 Å². The number of rotatable bonds is 3. The largest absolute Gasteiger partial charge is 0.361 e. The Kier molecular flexibility index (Phi) is 3.21. The molecule has 0 aliphatic heterocycles. The Morgan fingerprint density at radius 3 is 2.64 bits per heavy atom. The van der Waals surface area contributed by atoms with Crippen LogP contribution in [0.2, 0.25) is 0 Å². The van der Waals surface area contributed by atoms with Crippen molar-refractivity contribution < 1.29 is 4.92 Å². The second-order valence-electron chi connectivity index (χ2n) is 2.41. The highest BCUT2D eigenvalue weighted by Crippen LogP contribution is 2.05. The minimum absolute atomic E-state index is 0.520. The van der Waals surface area contributed by atoms with Crippen LogP contribution in [0, 0.1) is 21.4 Å². The smallest absolute Gasteiger partial charge is 0.355 e. The molecule has 5 nitrogen and oxygen atoms in total. The average Bonchev–Trinajstić information content (AvgIpc) is 2.20. The zero-order valence-electron chi connectivity index (χ0n) is 7.18. The molecule has 0 atom stereocenters. The number of anilines is 1. The van der Waals surface area contributed by atoms with E-state index in [4.69, 9.17) is 5.26 Å². The molecule has 1 aromatic carbocycles. The van der Waals surface area contributed by atoms with Crippen LogP contribution in [0.25, 0.3) is 0 Å². The molecule has 0 aliphatic carbocycles. The zero-order valence-corrected chi connectivity index (χ0v) is 7.18. The van der Waals surface area contributed by atoms with Crippen LogP contribution in [-0.2, 0) is 0 Å². The van der Waals surface area contributed by atoms with Crippen molar-refractivity contribution >= 4 is 5.69 Å². The van der Waals surface area contributed by atoms with Gasteiger partial charge in [-0.2, -0.15) is 5.26 Å². The third kappa shape index (κ3) is 2.60. The molecule has 1 aromatic rings. The fourth-order valence-corrected chi connectivity index (χ4v) is 0.812. The van der Waals surface area contributed by atoms with Crippen LogP contribution in [-0.4, -0.2) is 4.92 Å². The van der Waals surface area contributed by atoms with Crippen molar-refractivity contribution in [3.63, 3.8) is 0 Å². The van der Waals surface area contributed by atoms with Crippen LogP contribution in [0.5, 0.6) is 0 Å². The third-order valence-corrected chi connectivity index (χ3v) is 1.46. The quantitative estimate of drug-likeness (QED) is 0.446. The van der Waals surface area contributed by atoms with Crippen LogP contribution in [0.4, 0.5) is 5.69 Å². The third-order valence-electron chi connectivity index (χ3n) is 1.46. The second-order valence-corrected chi connectivity index (χ2v) is 2.41. The normalized spacial score (nSPS) is 10.4. The molecule has 0 bridgehead atoms. The van der Waals surface area contributed by atoms with Crippen LogP contribution in [0.3, 0.4) is 0 Å². The molecule has 1 rings (SSSR count). The lowest BCUT2D eigenvalue weighted by Gasteiger charge is -1.97. The molecule has 0 unspecified atom stereocenters. The minimum Gasteiger partial charge on any atom is -0.355 e. The first-order valence-electron chi connectivity index (χ1n) is 3.80. The number of allylic oxidation sites excluding steroid dienone is 1. The summed E-state index contributed by atoms with van der Waals surface area (Å²) in [6, 6.07) is 10.4. The van der Waals surface area contributed by atoms with Crippen molar-refractivity contribution in [3.8, 4) is 6.07 Å². The van der Waals surface area contributed by atoms with E-state index < -0.39 is 10.6 Å². The highest BCUT2D eigenvalue weighted by molar-refractivity contribution is 5.45. The molecule has 0 spiro atoms. The summed E-state index contributed by atoms with van der Waals surface area (Å²) >= 11 is 0. The Bertz CT molecular complexity index is 392. The molecular weight excluding hydrogens is 182 g/mol. The molecular formula is C9H7N3O2. The van der Waals surface area contributed by atoms with E-state index in [9.17, 15) is 10.1 Å². The summed E-state index contributed by atoms with van der Waals surface area (Å²) in [6.45, 7) is 0. The summed E-state index contributed by atoms with van der Waals surface area (Å²) in [5.41, 5.74) is 0.177. The van der Waals surface area contributed by atoms with E-state index in [0.717, 1.165) is 6.20 Å². The van der Waals surface area contributed by atoms with Crippen LogP contribution in [0.15, 0.2) is 42.2 Å². The van der Waals surface area contributed by atoms with Crippen LogP contribution >= 0.6 is 0 Å². The second kappa shape index (κ2) is 4.62. The van der Waals surface area contributed by atoms with Gasteiger partial charge in [-0.1, -0.05) is 18.2 Å². The van der Waals surface area contributed by atoms with E-state index in [1.165, 1.54) is 6.07 Å². The molecule has 0 amide bonds. The van der Waals surface area contributed by atoms with Crippen LogP contribution < -0.4 is 5.32 Å². The van der Waals surface area contributed by atoms with Gasteiger partial charge >= 0.3 is 5.70 Å². The molecule has 0 aromatic heterocycles. The van der Waals surface area contributed by atoms with Crippen molar-refractivity contribution in [2.24, 2.45) is 0 Å². The minimum atomic E-state index is -0.740.